The zero-order chi connectivity index (χ0) is 10.1. The maximum atomic E-state index is 8.81. The summed E-state index contributed by atoms with van der Waals surface area (Å²) in [4.78, 5) is 0. The smallest absolute Gasteiger partial charge is 0.169 e. The van der Waals surface area contributed by atoms with Gasteiger partial charge in [-0.15, -0.1) is 0 Å². The molecule has 70 valence electrons. The molecule has 4 nitrogen and oxygen atoms in total. The third-order valence-corrected chi connectivity index (χ3v) is 2.12. The van der Waals surface area contributed by atoms with E-state index < -0.39 is 17.3 Å². The second-order valence-electron chi connectivity index (χ2n) is 3.74. The summed E-state index contributed by atoms with van der Waals surface area (Å²) in [6.45, 7) is 5.39. The minimum Gasteiger partial charge on any atom is -0.348 e. The molecule has 1 rings (SSSR count). The molecule has 0 N–H and O–H groups in total. The molecule has 0 aromatic rings. The number of ether oxygens (including phenoxy) is 2. The van der Waals surface area contributed by atoms with E-state index in [4.69, 9.17) is 20.0 Å². The Balaban J connectivity index is 2.78. The van der Waals surface area contributed by atoms with E-state index in [-0.39, 0.29) is 0 Å². The lowest BCUT2D eigenvalue weighted by molar-refractivity contribution is -0.145. The summed E-state index contributed by atoms with van der Waals surface area (Å²) in [5.74, 6) is -0.681. The molecular weight excluding hydrogens is 168 g/mol. The summed E-state index contributed by atoms with van der Waals surface area (Å²) in [5, 5.41) is 17.6. The maximum Gasteiger partial charge on any atom is 0.169 e. The van der Waals surface area contributed by atoms with Crippen LogP contribution in [0.25, 0.3) is 0 Å². The highest BCUT2D eigenvalue weighted by Gasteiger charge is 2.45. The van der Waals surface area contributed by atoms with Gasteiger partial charge in [0.05, 0.1) is 18.7 Å². The Labute approximate surface area is 77.7 Å². The molecule has 4 heteroatoms. The van der Waals surface area contributed by atoms with Crippen LogP contribution in [0.15, 0.2) is 0 Å². The number of nitrogens with zero attached hydrogens (tertiary/aromatic N) is 2. The van der Waals surface area contributed by atoms with E-state index in [9.17, 15) is 0 Å². The first-order valence-electron chi connectivity index (χ1n) is 4.08. The molecule has 1 fully saturated rings. The number of nitriles is 2. The van der Waals surface area contributed by atoms with Gasteiger partial charge >= 0.3 is 0 Å². The Kier molecular flexibility index (Phi) is 2.30. The minimum absolute atomic E-state index is 0.296. The van der Waals surface area contributed by atoms with Crippen LogP contribution in [-0.2, 0) is 9.47 Å². The molecule has 0 aromatic heterocycles. The zero-order valence-electron chi connectivity index (χ0n) is 8.00. The highest BCUT2D eigenvalue weighted by Crippen LogP contribution is 2.33. The van der Waals surface area contributed by atoms with E-state index in [1.165, 1.54) is 0 Å². The van der Waals surface area contributed by atoms with Gasteiger partial charge in [0.1, 0.15) is 6.10 Å². The van der Waals surface area contributed by atoms with E-state index in [1.54, 1.807) is 20.8 Å². The van der Waals surface area contributed by atoms with E-state index >= 15 is 0 Å². The van der Waals surface area contributed by atoms with Crippen molar-refractivity contribution in [3.63, 3.8) is 0 Å². The van der Waals surface area contributed by atoms with Gasteiger partial charge in [0.2, 0.25) is 0 Å². The van der Waals surface area contributed by atoms with Crippen molar-refractivity contribution in [3.8, 4) is 12.1 Å². The van der Waals surface area contributed by atoms with Gasteiger partial charge in [-0.05, 0) is 20.8 Å². The maximum absolute atomic E-state index is 8.81. The molecular formula is C9H12N2O2. The predicted molar refractivity (Wildman–Crippen MR) is 44.2 cm³/mol. The fourth-order valence-corrected chi connectivity index (χ4v) is 1.14. The molecule has 0 saturated carbocycles. The summed E-state index contributed by atoms with van der Waals surface area (Å²) in [6.07, 6.45) is -0.461. The van der Waals surface area contributed by atoms with E-state index in [2.05, 4.69) is 0 Å². The third-order valence-electron chi connectivity index (χ3n) is 2.12. The van der Waals surface area contributed by atoms with Crippen molar-refractivity contribution in [2.75, 3.05) is 6.61 Å². The number of hydrogen-bond acceptors (Lipinski definition) is 4. The van der Waals surface area contributed by atoms with Crippen molar-refractivity contribution in [3.05, 3.63) is 0 Å². The van der Waals surface area contributed by atoms with Crippen molar-refractivity contribution in [1.29, 1.82) is 10.5 Å². The van der Waals surface area contributed by atoms with Crippen LogP contribution in [0.3, 0.4) is 0 Å². The Hall–Kier alpha value is -1.10. The van der Waals surface area contributed by atoms with Gasteiger partial charge in [-0.25, -0.2) is 0 Å². The molecule has 1 saturated heterocycles. The Morgan fingerprint density at radius 3 is 2.23 bits per heavy atom. The first-order chi connectivity index (χ1) is 5.93. The molecule has 13 heavy (non-hydrogen) atoms. The Morgan fingerprint density at radius 1 is 1.38 bits per heavy atom. The monoisotopic (exact) mass is 180 g/mol. The quantitative estimate of drug-likeness (QED) is 0.608. The molecule has 1 heterocycles. The van der Waals surface area contributed by atoms with Crippen molar-refractivity contribution in [2.45, 2.75) is 32.7 Å². The van der Waals surface area contributed by atoms with Gasteiger partial charge in [0, 0.05) is 0 Å². The van der Waals surface area contributed by atoms with Crippen LogP contribution in [0.2, 0.25) is 0 Å². The van der Waals surface area contributed by atoms with Crippen molar-refractivity contribution >= 4 is 0 Å². The third kappa shape index (κ3) is 1.80. The van der Waals surface area contributed by atoms with Gasteiger partial charge in [-0.1, -0.05) is 0 Å². The molecule has 0 amide bonds. The van der Waals surface area contributed by atoms with Crippen molar-refractivity contribution < 1.29 is 9.47 Å². The van der Waals surface area contributed by atoms with Crippen LogP contribution in [0.1, 0.15) is 20.8 Å². The number of rotatable bonds is 1. The molecule has 0 aromatic carbocycles. The summed E-state index contributed by atoms with van der Waals surface area (Å²) in [6, 6.07) is 3.88. The van der Waals surface area contributed by atoms with Crippen molar-refractivity contribution in [1.82, 2.24) is 0 Å². The standard InChI is InChI=1S/C9H12N2O2/c1-8(2)12-4-7(13-8)9(3,5-10)6-11/h7H,4H2,1-3H3. The lowest BCUT2D eigenvalue weighted by Gasteiger charge is -2.21. The van der Waals surface area contributed by atoms with Crippen molar-refractivity contribution in [2.24, 2.45) is 5.41 Å². The number of hydrogen-bond donors (Lipinski definition) is 0. The van der Waals surface area contributed by atoms with Crippen LogP contribution in [-0.4, -0.2) is 18.5 Å². The molecule has 0 radical (unpaired) electrons. The van der Waals surface area contributed by atoms with Gasteiger partial charge in [-0.2, -0.15) is 10.5 Å². The van der Waals surface area contributed by atoms with E-state index in [1.807, 2.05) is 12.1 Å². The van der Waals surface area contributed by atoms with Gasteiger partial charge < -0.3 is 9.47 Å². The minimum atomic E-state index is -1.12. The van der Waals surface area contributed by atoms with Crippen LogP contribution in [0.5, 0.6) is 0 Å². The molecule has 0 aliphatic carbocycles. The lowest BCUT2D eigenvalue weighted by Crippen LogP contribution is -2.33. The van der Waals surface area contributed by atoms with Gasteiger partial charge in [-0.3, -0.25) is 0 Å². The summed E-state index contributed by atoms with van der Waals surface area (Å²) in [7, 11) is 0. The summed E-state index contributed by atoms with van der Waals surface area (Å²) >= 11 is 0. The van der Waals surface area contributed by atoms with Gasteiger partial charge in [0.15, 0.2) is 11.2 Å². The highest BCUT2D eigenvalue weighted by atomic mass is 16.7. The topological polar surface area (TPSA) is 66.0 Å². The predicted octanol–water partition coefficient (Wildman–Crippen LogP) is 1.19. The summed E-state index contributed by atoms with van der Waals surface area (Å²) in [5.41, 5.74) is -1.12. The molecule has 1 aliphatic rings. The lowest BCUT2D eigenvalue weighted by atomic mass is 9.88. The Bertz CT molecular complexity index is 271. The fourth-order valence-electron chi connectivity index (χ4n) is 1.14. The van der Waals surface area contributed by atoms with Crippen LogP contribution in [0.4, 0.5) is 0 Å². The fraction of sp³-hybridized carbons (Fsp3) is 0.778. The highest BCUT2D eigenvalue weighted by molar-refractivity contribution is 5.16. The van der Waals surface area contributed by atoms with Crippen LogP contribution < -0.4 is 0 Å². The first kappa shape index (κ1) is 9.98. The van der Waals surface area contributed by atoms with E-state index in [0.717, 1.165) is 0 Å². The second-order valence-corrected chi connectivity index (χ2v) is 3.74. The first-order valence-corrected chi connectivity index (χ1v) is 4.08. The molecule has 0 spiro atoms. The van der Waals surface area contributed by atoms with Crippen LogP contribution >= 0.6 is 0 Å². The van der Waals surface area contributed by atoms with Gasteiger partial charge in [0.25, 0.3) is 0 Å². The second kappa shape index (κ2) is 2.99. The normalized spacial score (nSPS) is 26.4. The Morgan fingerprint density at radius 2 is 1.92 bits per heavy atom. The molecule has 1 unspecified atom stereocenters. The molecule has 1 aliphatic heterocycles. The summed E-state index contributed by atoms with van der Waals surface area (Å²) < 4.78 is 10.7. The largest absolute Gasteiger partial charge is 0.348 e. The average molecular weight is 180 g/mol. The van der Waals surface area contributed by atoms with E-state index in [0.29, 0.717) is 6.61 Å². The zero-order valence-corrected chi connectivity index (χ0v) is 8.00. The van der Waals surface area contributed by atoms with Crippen LogP contribution in [0, 0.1) is 28.1 Å². The SMILES string of the molecule is CC1(C)OCC(C(C)(C#N)C#N)O1. The average Bonchev–Trinajstić information content (AvgIpc) is 2.45. The molecule has 0 bridgehead atoms. The molecule has 1 atom stereocenters.